The lowest BCUT2D eigenvalue weighted by Gasteiger charge is -1.95. The van der Waals surface area contributed by atoms with E-state index in [-0.39, 0.29) is 0 Å². The Morgan fingerprint density at radius 1 is 1.23 bits per heavy atom. The summed E-state index contributed by atoms with van der Waals surface area (Å²) in [4.78, 5) is 4.18. The van der Waals surface area contributed by atoms with Crippen molar-refractivity contribution in [2.75, 3.05) is 0 Å². The van der Waals surface area contributed by atoms with Gasteiger partial charge in [-0.2, -0.15) is 5.10 Å². The zero-order chi connectivity index (χ0) is 9.84. The highest BCUT2D eigenvalue weighted by atomic mass is 15.2. The first kappa shape index (κ1) is 9.71. The van der Waals surface area contributed by atoms with E-state index in [9.17, 15) is 0 Å². The summed E-state index contributed by atoms with van der Waals surface area (Å²) in [6.45, 7) is 8.03. The topological polar surface area (TPSA) is 30.2 Å². The predicted octanol–water partition coefficient (Wildman–Crippen LogP) is 2.37. The molecule has 2 aromatic rings. The highest BCUT2D eigenvalue weighted by Crippen LogP contribution is 2.10. The van der Waals surface area contributed by atoms with Gasteiger partial charge in [0.1, 0.15) is 0 Å². The molecule has 0 aliphatic rings. The van der Waals surface area contributed by atoms with Crippen LogP contribution in [0.1, 0.15) is 25.1 Å². The first-order chi connectivity index (χ1) is 6.29. The van der Waals surface area contributed by atoms with E-state index in [1.807, 2.05) is 44.6 Å². The molecule has 0 unspecified atom stereocenters. The van der Waals surface area contributed by atoms with Crippen LogP contribution in [0.25, 0.3) is 5.52 Å². The minimum atomic E-state index is 1.03. The molecule has 13 heavy (non-hydrogen) atoms. The van der Waals surface area contributed by atoms with E-state index in [1.54, 1.807) is 6.20 Å². The van der Waals surface area contributed by atoms with E-state index in [4.69, 9.17) is 0 Å². The summed E-state index contributed by atoms with van der Waals surface area (Å²) in [5.74, 6) is 0. The lowest BCUT2D eigenvalue weighted by atomic mass is 10.3. The third-order valence-corrected chi connectivity index (χ3v) is 1.80. The van der Waals surface area contributed by atoms with Crippen LogP contribution in [-0.4, -0.2) is 14.6 Å². The molecule has 70 valence electrons. The fourth-order valence-corrected chi connectivity index (χ4v) is 1.28. The normalized spacial score (nSPS) is 9.54. The van der Waals surface area contributed by atoms with E-state index < -0.39 is 0 Å². The van der Waals surface area contributed by atoms with Crippen molar-refractivity contribution in [1.29, 1.82) is 0 Å². The maximum atomic E-state index is 4.18. The lowest BCUT2D eigenvalue weighted by molar-refractivity contribution is 0.934. The Hall–Kier alpha value is -1.38. The van der Waals surface area contributed by atoms with Crippen LogP contribution >= 0.6 is 0 Å². The van der Waals surface area contributed by atoms with Gasteiger partial charge >= 0.3 is 0 Å². The van der Waals surface area contributed by atoms with Crippen LogP contribution in [-0.2, 0) is 0 Å². The Morgan fingerprint density at radius 2 is 1.92 bits per heavy atom. The van der Waals surface area contributed by atoms with E-state index in [0.29, 0.717) is 0 Å². The third-order valence-electron chi connectivity index (χ3n) is 1.80. The number of aromatic nitrogens is 3. The zero-order valence-electron chi connectivity index (χ0n) is 8.57. The Kier molecular flexibility index (Phi) is 3.01. The minimum Gasteiger partial charge on any atom is -0.258 e. The molecule has 0 atom stereocenters. The van der Waals surface area contributed by atoms with Crippen LogP contribution in [0, 0.1) is 13.8 Å². The van der Waals surface area contributed by atoms with Crippen molar-refractivity contribution in [3.05, 3.63) is 29.8 Å². The molecule has 0 aliphatic heterocycles. The Bertz CT molecular complexity index is 390. The standard InChI is InChI=1S/C8H9N3.C2H6/c1-6-5-10-11-4-3-9-7(2)8(6)11;1-2/h3-5H,1-2H3;1-2H3. The molecule has 2 rings (SSSR count). The molecule has 2 aromatic heterocycles. The molecule has 0 N–H and O–H groups in total. The molecular weight excluding hydrogens is 162 g/mol. The molecule has 0 spiro atoms. The highest BCUT2D eigenvalue weighted by Gasteiger charge is 2.01. The second-order valence-corrected chi connectivity index (χ2v) is 2.63. The van der Waals surface area contributed by atoms with Gasteiger partial charge in [-0.1, -0.05) is 13.8 Å². The van der Waals surface area contributed by atoms with E-state index in [2.05, 4.69) is 10.1 Å². The molecule has 2 heterocycles. The number of fused-ring (bicyclic) bond motifs is 1. The van der Waals surface area contributed by atoms with Crippen LogP contribution < -0.4 is 0 Å². The molecule has 0 aliphatic carbocycles. The molecule has 0 radical (unpaired) electrons. The highest BCUT2D eigenvalue weighted by molar-refractivity contribution is 5.56. The fourth-order valence-electron chi connectivity index (χ4n) is 1.28. The average Bonchev–Trinajstić information content (AvgIpc) is 2.53. The Labute approximate surface area is 78.4 Å². The minimum absolute atomic E-state index is 1.03. The molecule has 0 bridgehead atoms. The number of rotatable bonds is 0. The molecule has 0 amide bonds. The first-order valence-electron chi connectivity index (χ1n) is 4.54. The molecular formula is C10H15N3. The summed E-state index contributed by atoms with van der Waals surface area (Å²) in [7, 11) is 0. The zero-order valence-corrected chi connectivity index (χ0v) is 8.57. The van der Waals surface area contributed by atoms with Crippen molar-refractivity contribution in [1.82, 2.24) is 14.6 Å². The van der Waals surface area contributed by atoms with Gasteiger partial charge in [0.2, 0.25) is 0 Å². The average molecular weight is 177 g/mol. The van der Waals surface area contributed by atoms with E-state index >= 15 is 0 Å². The monoisotopic (exact) mass is 177 g/mol. The summed E-state index contributed by atoms with van der Waals surface area (Å²) in [6.07, 6.45) is 5.47. The summed E-state index contributed by atoms with van der Waals surface area (Å²) in [6, 6.07) is 0. The molecule has 3 heteroatoms. The summed E-state index contributed by atoms with van der Waals surface area (Å²) in [5, 5.41) is 4.16. The quantitative estimate of drug-likeness (QED) is 0.618. The van der Waals surface area contributed by atoms with Crippen LogP contribution in [0.3, 0.4) is 0 Å². The summed E-state index contributed by atoms with van der Waals surface area (Å²) < 4.78 is 1.84. The first-order valence-corrected chi connectivity index (χ1v) is 4.54. The van der Waals surface area contributed by atoms with E-state index in [1.165, 1.54) is 5.56 Å². The van der Waals surface area contributed by atoms with Crippen LogP contribution in [0.5, 0.6) is 0 Å². The Morgan fingerprint density at radius 3 is 2.54 bits per heavy atom. The lowest BCUT2D eigenvalue weighted by Crippen LogP contribution is -1.91. The van der Waals surface area contributed by atoms with Gasteiger partial charge in [0, 0.05) is 12.4 Å². The number of aryl methyl sites for hydroxylation is 2. The van der Waals surface area contributed by atoms with Crippen molar-refractivity contribution in [2.24, 2.45) is 0 Å². The number of hydrogen-bond donors (Lipinski definition) is 0. The largest absolute Gasteiger partial charge is 0.258 e. The van der Waals surface area contributed by atoms with Crippen molar-refractivity contribution in [3.63, 3.8) is 0 Å². The number of nitrogens with zero attached hydrogens (tertiary/aromatic N) is 3. The third kappa shape index (κ3) is 1.69. The van der Waals surface area contributed by atoms with Crippen molar-refractivity contribution < 1.29 is 0 Å². The van der Waals surface area contributed by atoms with Crippen LogP contribution in [0.15, 0.2) is 18.6 Å². The maximum absolute atomic E-state index is 4.18. The van der Waals surface area contributed by atoms with Gasteiger partial charge in [0.05, 0.1) is 17.4 Å². The van der Waals surface area contributed by atoms with Gasteiger partial charge in [-0.25, -0.2) is 4.52 Å². The van der Waals surface area contributed by atoms with Gasteiger partial charge in [0.25, 0.3) is 0 Å². The smallest absolute Gasteiger partial charge is 0.0903 e. The number of hydrogen-bond acceptors (Lipinski definition) is 2. The second kappa shape index (κ2) is 4.03. The van der Waals surface area contributed by atoms with Crippen molar-refractivity contribution in [3.8, 4) is 0 Å². The molecule has 3 nitrogen and oxygen atoms in total. The van der Waals surface area contributed by atoms with Gasteiger partial charge in [-0.15, -0.1) is 0 Å². The van der Waals surface area contributed by atoms with Crippen LogP contribution in [0.4, 0.5) is 0 Å². The Balaban J connectivity index is 0.000000396. The van der Waals surface area contributed by atoms with Gasteiger partial charge < -0.3 is 0 Å². The molecule has 0 saturated carbocycles. The SMILES string of the molecule is CC.Cc1cnn2ccnc(C)c12. The molecule has 0 saturated heterocycles. The summed E-state index contributed by atoms with van der Waals surface area (Å²) in [5.41, 5.74) is 3.32. The fraction of sp³-hybridized carbons (Fsp3) is 0.400. The van der Waals surface area contributed by atoms with Crippen molar-refractivity contribution >= 4 is 5.52 Å². The maximum Gasteiger partial charge on any atom is 0.0903 e. The van der Waals surface area contributed by atoms with Crippen molar-refractivity contribution in [2.45, 2.75) is 27.7 Å². The second-order valence-electron chi connectivity index (χ2n) is 2.63. The molecule has 0 aromatic carbocycles. The van der Waals surface area contributed by atoms with Gasteiger partial charge in [-0.05, 0) is 19.4 Å². The summed E-state index contributed by atoms with van der Waals surface area (Å²) >= 11 is 0. The van der Waals surface area contributed by atoms with Gasteiger partial charge in [0.15, 0.2) is 0 Å². The predicted molar refractivity (Wildman–Crippen MR) is 53.8 cm³/mol. The van der Waals surface area contributed by atoms with Crippen LogP contribution in [0.2, 0.25) is 0 Å². The molecule has 0 fully saturated rings. The van der Waals surface area contributed by atoms with Gasteiger partial charge in [-0.3, -0.25) is 4.98 Å². The van der Waals surface area contributed by atoms with E-state index in [0.717, 1.165) is 11.2 Å².